The zero-order valence-electron chi connectivity index (χ0n) is 14.8. The predicted octanol–water partition coefficient (Wildman–Crippen LogP) is 3.39. The Hall–Kier alpha value is -3.79. The summed E-state index contributed by atoms with van der Waals surface area (Å²) in [6, 6.07) is 12.2. The van der Waals surface area contributed by atoms with E-state index in [1.54, 1.807) is 60.3 Å². The van der Waals surface area contributed by atoms with Crippen LogP contribution in [0.1, 0.15) is 37.6 Å². The fraction of sp³-hybridized carbons (Fsp3) is 0.150. The normalized spacial score (nSPS) is 10.3. The number of nitrogens with zero attached hydrogens (tertiary/aromatic N) is 2. The third-order valence-corrected chi connectivity index (χ3v) is 3.94. The zero-order valence-corrected chi connectivity index (χ0v) is 14.8. The molecule has 0 fully saturated rings. The molecule has 3 aromatic rings. The van der Waals surface area contributed by atoms with E-state index in [-0.39, 0.29) is 23.6 Å². The van der Waals surface area contributed by atoms with Crippen LogP contribution in [0.5, 0.6) is 0 Å². The van der Waals surface area contributed by atoms with E-state index < -0.39 is 11.9 Å². The van der Waals surface area contributed by atoms with Gasteiger partial charge in [0.1, 0.15) is 29.6 Å². The van der Waals surface area contributed by atoms with Crippen LogP contribution < -0.4 is 0 Å². The van der Waals surface area contributed by atoms with Crippen molar-refractivity contribution in [3.05, 3.63) is 76.8 Å². The lowest BCUT2D eigenvalue weighted by atomic mass is 10.1. The Bertz CT molecular complexity index is 1030. The molecule has 0 N–H and O–H groups in total. The number of aryl methyl sites for hydroxylation is 1. The van der Waals surface area contributed by atoms with Crippen molar-refractivity contribution in [1.29, 1.82) is 5.26 Å². The smallest absolute Gasteiger partial charge is 0.343 e. The Morgan fingerprint density at radius 2 is 1.93 bits per heavy atom. The number of aromatic nitrogens is 1. The van der Waals surface area contributed by atoms with E-state index >= 15 is 0 Å². The molecule has 0 atom stereocenters. The summed E-state index contributed by atoms with van der Waals surface area (Å²) in [6.07, 6.45) is 3.43. The Morgan fingerprint density at radius 3 is 2.59 bits per heavy atom. The monoisotopic (exact) mass is 364 g/mol. The number of ether oxygens (including phenoxy) is 2. The lowest BCUT2D eigenvalue weighted by Gasteiger charge is -2.06. The average molecular weight is 364 g/mol. The van der Waals surface area contributed by atoms with E-state index in [1.807, 2.05) is 6.07 Å². The summed E-state index contributed by atoms with van der Waals surface area (Å²) in [7, 11) is 1.29. The van der Waals surface area contributed by atoms with Gasteiger partial charge < -0.3 is 13.9 Å². The molecule has 0 spiro atoms. The maximum Gasteiger partial charge on any atom is 0.343 e. The van der Waals surface area contributed by atoms with E-state index in [0.717, 1.165) is 0 Å². The fourth-order valence-electron chi connectivity index (χ4n) is 2.66. The van der Waals surface area contributed by atoms with Crippen LogP contribution in [0.3, 0.4) is 0 Å². The minimum atomic E-state index is -0.672. The van der Waals surface area contributed by atoms with Crippen molar-refractivity contribution in [2.45, 2.75) is 13.5 Å². The molecule has 3 rings (SSSR count). The first kappa shape index (κ1) is 18.0. The van der Waals surface area contributed by atoms with Crippen LogP contribution in [0.15, 0.2) is 53.2 Å². The molecular formula is C20H16N2O5. The number of carbonyl (C=O) groups is 2. The van der Waals surface area contributed by atoms with Gasteiger partial charge in [0.2, 0.25) is 5.88 Å². The van der Waals surface area contributed by atoms with Gasteiger partial charge in [0.15, 0.2) is 0 Å². The topological polar surface area (TPSA) is 94.5 Å². The van der Waals surface area contributed by atoms with Gasteiger partial charge in [-0.2, -0.15) is 5.26 Å². The molecule has 7 heteroatoms. The van der Waals surface area contributed by atoms with Crippen LogP contribution in [0.25, 0.3) is 5.88 Å². The second-order valence-corrected chi connectivity index (χ2v) is 5.68. The number of furan rings is 1. The third kappa shape index (κ3) is 3.60. The molecule has 0 aliphatic heterocycles. The van der Waals surface area contributed by atoms with Crippen LogP contribution in [-0.2, 0) is 16.1 Å². The first-order valence-corrected chi connectivity index (χ1v) is 8.06. The standard InChI is InChI=1S/C20H16N2O5/c1-13-17(16(11-21)18(27-13)22-8-3-4-9-22)20(24)26-12-14-6-5-7-15(10-14)19(23)25-2/h3-10H,12H2,1-2H3. The molecule has 136 valence electrons. The van der Waals surface area contributed by atoms with E-state index in [0.29, 0.717) is 16.9 Å². The Labute approximate surface area is 155 Å². The van der Waals surface area contributed by atoms with Gasteiger partial charge in [0.05, 0.1) is 12.7 Å². The van der Waals surface area contributed by atoms with Crippen LogP contribution >= 0.6 is 0 Å². The number of rotatable bonds is 5. The minimum Gasteiger partial charge on any atom is -0.465 e. The Balaban J connectivity index is 1.82. The molecule has 0 aliphatic carbocycles. The summed E-state index contributed by atoms with van der Waals surface area (Å²) >= 11 is 0. The quantitative estimate of drug-likeness (QED) is 0.644. The molecule has 0 aliphatic rings. The third-order valence-electron chi connectivity index (χ3n) is 3.94. The van der Waals surface area contributed by atoms with Crippen molar-refractivity contribution < 1.29 is 23.5 Å². The van der Waals surface area contributed by atoms with Gasteiger partial charge in [-0.15, -0.1) is 0 Å². The number of hydrogen-bond acceptors (Lipinski definition) is 6. The van der Waals surface area contributed by atoms with Crippen molar-refractivity contribution >= 4 is 11.9 Å². The number of nitriles is 1. The van der Waals surface area contributed by atoms with Crippen molar-refractivity contribution in [3.63, 3.8) is 0 Å². The lowest BCUT2D eigenvalue weighted by molar-refractivity contribution is 0.0470. The maximum absolute atomic E-state index is 12.5. The molecule has 0 amide bonds. The Morgan fingerprint density at radius 1 is 1.19 bits per heavy atom. The van der Waals surface area contributed by atoms with Gasteiger partial charge in [-0.1, -0.05) is 12.1 Å². The van der Waals surface area contributed by atoms with Gasteiger partial charge in [-0.25, -0.2) is 9.59 Å². The molecule has 0 bridgehead atoms. The average Bonchev–Trinajstić information content (AvgIpc) is 3.33. The number of hydrogen-bond donors (Lipinski definition) is 0. The molecule has 2 aromatic heterocycles. The summed E-state index contributed by atoms with van der Waals surface area (Å²) in [5.74, 6) is -0.588. The molecule has 0 unspecified atom stereocenters. The number of benzene rings is 1. The summed E-state index contributed by atoms with van der Waals surface area (Å²) in [5.41, 5.74) is 1.18. The van der Waals surface area contributed by atoms with Crippen molar-refractivity contribution in [3.8, 4) is 12.0 Å². The number of esters is 2. The summed E-state index contributed by atoms with van der Waals surface area (Å²) in [4.78, 5) is 24.1. The second kappa shape index (κ2) is 7.62. The fourth-order valence-corrected chi connectivity index (χ4v) is 2.66. The van der Waals surface area contributed by atoms with Crippen LogP contribution in [0.4, 0.5) is 0 Å². The lowest BCUT2D eigenvalue weighted by Crippen LogP contribution is -2.08. The number of methoxy groups -OCH3 is 1. The summed E-state index contributed by atoms with van der Waals surface area (Å²) in [6.45, 7) is 1.54. The van der Waals surface area contributed by atoms with E-state index in [9.17, 15) is 14.9 Å². The highest BCUT2D eigenvalue weighted by molar-refractivity contribution is 5.94. The first-order chi connectivity index (χ1) is 13.0. The zero-order chi connectivity index (χ0) is 19.4. The largest absolute Gasteiger partial charge is 0.465 e. The van der Waals surface area contributed by atoms with Crippen LogP contribution in [-0.4, -0.2) is 23.6 Å². The molecule has 7 nitrogen and oxygen atoms in total. The van der Waals surface area contributed by atoms with E-state index in [1.165, 1.54) is 7.11 Å². The van der Waals surface area contributed by atoms with Gasteiger partial charge in [-0.05, 0) is 36.8 Å². The highest BCUT2D eigenvalue weighted by atomic mass is 16.5. The van der Waals surface area contributed by atoms with Crippen LogP contribution in [0.2, 0.25) is 0 Å². The van der Waals surface area contributed by atoms with E-state index in [4.69, 9.17) is 9.15 Å². The SMILES string of the molecule is COC(=O)c1cccc(COC(=O)c2c(C)oc(-n3cccc3)c2C#N)c1. The van der Waals surface area contributed by atoms with Crippen molar-refractivity contribution in [1.82, 2.24) is 4.57 Å². The minimum absolute atomic E-state index is 0.0575. The predicted molar refractivity (Wildman–Crippen MR) is 94.4 cm³/mol. The highest BCUT2D eigenvalue weighted by Crippen LogP contribution is 2.26. The van der Waals surface area contributed by atoms with Crippen LogP contribution in [0, 0.1) is 18.3 Å². The molecule has 0 saturated carbocycles. The molecule has 2 heterocycles. The number of carbonyl (C=O) groups excluding carboxylic acids is 2. The van der Waals surface area contributed by atoms with Gasteiger partial charge in [0, 0.05) is 12.4 Å². The highest BCUT2D eigenvalue weighted by Gasteiger charge is 2.25. The second-order valence-electron chi connectivity index (χ2n) is 5.68. The molecule has 27 heavy (non-hydrogen) atoms. The van der Waals surface area contributed by atoms with Gasteiger partial charge in [0.25, 0.3) is 0 Å². The van der Waals surface area contributed by atoms with Gasteiger partial charge >= 0.3 is 11.9 Å². The summed E-state index contributed by atoms with van der Waals surface area (Å²) < 4.78 is 17.2. The van der Waals surface area contributed by atoms with Crippen molar-refractivity contribution in [2.24, 2.45) is 0 Å². The molecule has 0 radical (unpaired) electrons. The molecular weight excluding hydrogens is 348 g/mol. The van der Waals surface area contributed by atoms with E-state index in [2.05, 4.69) is 4.74 Å². The molecule has 1 aromatic carbocycles. The first-order valence-electron chi connectivity index (χ1n) is 8.06. The maximum atomic E-state index is 12.5. The van der Waals surface area contributed by atoms with Gasteiger partial charge in [-0.3, -0.25) is 4.57 Å². The Kier molecular flexibility index (Phi) is 5.08. The molecule has 0 saturated heterocycles. The van der Waals surface area contributed by atoms with Crippen molar-refractivity contribution in [2.75, 3.05) is 7.11 Å². The summed E-state index contributed by atoms with van der Waals surface area (Å²) in [5, 5.41) is 9.49.